The van der Waals surface area contributed by atoms with Gasteiger partial charge in [0.15, 0.2) is 11.6 Å². The first-order valence-electron chi connectivity index (χ1n) is 6.67. The lowest BCUT2D eigenvalue weighted by Gasteiger charge is -2.38. The summed E-state index contributed by atoms with van der Waals surface area (Å²) in [6.45, 7) is 3.87. The van der Waals surface area contributed by atoms with Crippen LogP contribution in [0.25, 0.3) is 0 Å². The Morgan fingerprint density at radius 3 is 2.67 bits per heavy atom. The van der Waals surface area contributed by atoms with Crippen LogP contribution in [0.3, 0.4) is 0 Å². The van der Waals surface area contributed by atoms with Crippen LogP contribution < -0.4 is 4.74 Å². The van der Waals surface area contributed by atoms with Crippen LogP contribution >= 0.6 is 0 Å². The van der Waals surface area contributed by atoms with Gasteiger partial charge in [-0.1, -0.05) is 37.5 Å². The molecule has 1 aromatic carbocycles. The third-order valence-electron chi connectivity index (χ3n) is 4.09. The van der Waals surface area contributed by atoms with Crippen LogP contribution in [-0.4, -0.2) is 7.11 Å². The molecule has 1 nitrogen and oxygen atoms in total. The zero-order valence-corrected chi connectivity index (χ0v) is 11.0. The van der Waals surface area contributed by atoms with E-state index in [4.69, 9.17) is 4.74 Å². The molecular formula is C16H21FO. The summed E-state index contributed by atoms with van der Waals surface area (Å²) in [4.78, 5) is 0. The number of rotatable bonds is 4. The molecular weight excluding hydrogens is 227 g/mol. The number of hydrogen-bond donors (Lipinski definition) is 0. The lowest BCUT2D eigenvalue weighted by Crippen LogP contribution is -2.29. The lowest BCUT2D eigenvalue weighted by atomic mass is 9.67. The number of ether oxygens (including phenoxy) is 1. The second-order valence-corrected chi connectivity index (χ2v) is 5.15. The quantitative estimate of drug-likeness (QED) is 0.707. The molecule has 2 rings (SSSR count). The summed E-state index contributed by atoms with van der Waals surface area (Å²) in [5.74, 6) is 0.158. The first-order chi connectivity index (χ1) is 8.73. The monoisotopic (exact) mass is 248 g/mol. The highest BCUT2D eigenvalue weighted by Gasteiger charge is 2.35. The zero-order valence-electron chi connectivity index (χ0n) is 11.0. The van der Waals surface area contributed by atoms with Gasteiger partial charge in [0.05, 0.1) is 7.11 Å². The van der Waals surface area contributed by atoms with Gasteiger partial charge in [0.1, 0.15) is 0 Å². The third-order valence-corrected chi connectivity index (χ3v) is 4.09. The molecule has 18 heavy (non-hydrogen) atoms. The minimum atomic E-state index is -0.260. The van der Waals surface area contributed by atoms with Gasteiger partial charge in [-0.2, -0.15) is 0 Å². The normalized spacial score (nSPS) is 18.3. The number of halogens is 1. The molecule has 0 aromatic heterocycles. The standard InChI is InChI=1S/C16H21FO/c1-3-10-16(11-5-4-6-12-16)13-8-7-9-14(17)15(13)18-2/h3,7-9H,1,4-6,10-12H2,2H3. The van der Waals surface area contributed by atoms with Crippen LogP contribution in [0.15, 0.2) is 30.9 Å². The van der Waals surface area contributed by atoms with Crippen LogP contribution in [0, 0.1) is 5.82 Å². The molecule has 0 unspecified atom stereocenters. The van der Waals surface area contributed by atoms with Crippen molar-refractivity contribution in [1.29, 1.82) is 0 Å². The largest absolute Gasteiger partial charge is 0.493 e. The Morgan fingerprint density at radius 1 is 1.33 bits per heavy atom. The van der Waals surface area contributed by atoms with Crippen LogP contribution in [0.5, 0.6) is 5.75 Å². The molecule has 0 spiro atoms. The second-order valence-electron chi connectivity index (χ2n) is 5.15. The topological polar surface area (TPSA) is 9.23 Å². The molecule has 0 aliphatic heterocycles. The van der Waals surface area contributed by atoms with Crippen LogP contribution in [0.2, 0.25) is 0 Å². The number of methoxy groups -OCH3 is 1. The summed E-state index contributed by atoms with van der Waals surface area (Å²) in [6, 6.07) is 5.26. The van der Waals surface area contributed by atoms with Crippen molar-refractivity contribution in [3.63, 3.8) is 0 Å². The highest BCUT2D eigenvalue weighted by atomic mass is 19.1. The molecule has 1 saturated carbocycles. The predicted octanol–water partition coefficient (Wildman–Crippen LogP) is 4.61. The van der Waals surface area contributed by atoms with Gasteiger partial charge in [-0.15, -0.1) is 6.58 Å². The van der Waals surface area contributed by atoms with Gasteiger partial charge in [-0.3, -0.25) is 0 Å². The SMILES string of the molecule is C=CCC1(c2cccc(F)c2OC)CCCCC1. The molecule has 2 heteroatoms. The molecule has 98 valence electrons. The van der Waals surface area contributed by atoms with E-state index in [0.29, 0.717) is 5.75 Å². The van der Waals surface area contributed by atoms with Gasteiger partial charge in [-0.25, -0.2) is 4.39 Å². The van der Waals surface area contributed by atoms with E-state index in [1.54, 1.807) is 13.2 Å². The van der Waals surface area contributed by atoms with E-state index < -0.39 is 0 Å². The van der Waals surface area contributed by atoms with E-state index >= 15 is 0 Å². The average Bonchev–Trinajstić information content (AvgIpc) is 2.40. The highest BCUT2D eigenvalue weighted by Crippen LogP contribution is 2.46. The molecule has 0 amide bonds. The summed E-state index contributed by atoms with van der Waals surface area (Å²) in [7, 11) is 1.55. The Hall–Kier alpha value is -1.31. The first-order valence-corrected chi connectivity index (χ1v) is 6.67. The van der Waals surface area contributed by atoms with E-state index in [9.17, 15) is 4.39 Å². The fourth-order valence-electron chi connectivity index (χ4n) is 3.22. The van der Waals surface area contributed by atoms with E-state index in [0.717, 1.165) is 24.8 Å². The molecule has 1 aliphatic rings. The fraction of sp³-hybridized carbons (Fsp3) is 0.500. The predicted molar refractivity (Wildman–Crippen MR) is 72.5 cm³/mol. The van der Waals surface area contributed by atoms with Crippen molar-refractivity contribution in [2.75, 3.05) is 7.11 Å². The van der Waals surface area contributed by atoms with Crippen molar-refractivity contribution in [2.45, 2.75) is 43.9 Å². The van der Waals surface area contributed by atoms with Crippen molar-refractivity contribution in [3.8, 4) is 5.75 Å². The van der Waals surface area contributed by atoms with Gasteiger partial charge in [-0.05, 0) is 25.3 Å². The Labute approximate surface area is 109 Å². The molecule has 0 N–H and O–H groups in total. The summed E-state index contributed by atoms with van der Waals surface area (Å²) >= 11 is 0. The van der Waals surface area contributed by atoms with Gasteiger partial charge in [0.25, 0.3) is 0 Å². The maximum Gasteiger partial charge on any atom is 0.165 e. The molecule has 0 bridgehead atoms. The molecule has 0 atom stereocenters. The highest BCUT2D eigenvalue weighted by molar-refractivity contribution is 5.41. The number of hydrogen-bond acceptors (Lipinski definition) is 1. The van der Waals surface area contributed by atoms with Gasteiger partial charge in [0.2, 0.25) is 0 Å². The minimum absolute atomic E-state index is 0.0213. The Balaban J connectivity index is 2.47. The Kier molecular flexibility index (Phi) is 4.05. The maximum absolute atomic E-state index is 13.9. The molecule has 0 radical (unpaired) electrons. The molecule has 1 aromatic rings. The molecule has 1 fully saturated rings. The van der Waals surface area contributed by atoms with Crippen LogP contribution in [0.1, 0.15) is 44.1 Å². The summed E-state index contributed by atoms with van der Waals surface area (Å²) in [6.07, 6.45) is 8.72. The molecule has 0 saturated heterocycles. The lowest BCUT2D eigenvalue weighted by molar-refractivity contribution is 0.278. The van der Waals surface area contributed by atoms with Crippen molar-refractivity contribution in [2.24, 2.45) is 0 Å². The van der Waals surface area contributed by atoms with E-state index in [1.807, 2.05) is 12.1 Å². The summed E-state index contributed by atoms with van der Waals surface area (Å²) in [5, 5.41) is 0. The van der Waals surface area contributed by atoms with E-state index in [1.165, 1.54) is 25.3 Å². The van der Waals surface area contributed by atoms with E-state index in [2.05, 4.69) is 6.58 Å². The van der Waals surface area contributed by atoms with Crippen molar-refractivity contribution in [1.82, 2.24) is 0 Å². The Morgan fingerprint density at radius 2 is 2.06 bits per heavy atom. The number of allylic oxidation sites excluding steroid dienone is 1. The maximum atomic E-state index is 13.9. The Bertz CT molecular complexity index is 419. The fourth-order valence-corrected chi connectivity index (χ4v) is 3.22. The van der Waals surface area contributed by atoms with Gasteiger partial charge >= 0.3 is 0 Å². The van der Waals surface area contributed by atoms with Crippen molar-refractivity contribution >= 4 is 0 Å². The second kappa shape index (κ2) is 5.55. The number of benzene rings is 1. The first kappa shape index (κ1) is 13.1. The van der Waals surface area contributed by atoms with Gasteiger partial charge < -0.3 is 4.74 Å². The van der Waals surface area contributed by atoms with Crippen molar-refractivity contribution < 1.29 is 9.13 Å². The molecule has 1 aliphatic carbocycles. The van der Waals surface area contributed by atoms with Crippen molar-refractivity contribution in [3.05, 3.63) is 42.2 Å². The zero-order chi connectivity index (χ0) is 13.0. The van der Waals surface area contributed by atoms with Gasteiger partial charge in [0, 0.05) is 11.0 Å². The van der Waals surface area contributed by atoms with Crippen LogP contribution in [-0.2, 0) is 5.41 Å². The summed E-state index contributed by atoms with van der Waals surface area (Å²) < 4.78 is 19.2. The molecule has 0 heterocycles. The summed E-state index contributed by atoms with van der Waals surface area (Å²) in [5.41, 5.74) is 1.04. The van der Waals surface area contributed by atoms with E-state index in [-0.39, 0.29) is 11.2 Å². The number of para-hydroxylation sites is 1. The average molecular weight is 248 g/mol. The third kappa shape index (κ3) is 2.29. The minimum Gasteiger partial charge on any atom is -0.493 e. The van der Waals surface area contributed by atoms with Crippen LogP contribution in [0.4, 0.5) is 4.39 Å². The smallest absolute Gasteiger partial charge is 0.165 e.